The second-order valence-electron chi connectivity index (χ2n) is 4.57. The van der Waals surface area contributed by atoms with E-state index < -0.39 is 0 Å². The molecule has 0 nitrogen and oxygen atoms in total. The van der Waals surface area contributed by atoms with Crippen molar-refractivity contribution in [3.63, 3.8) is 0 Å². The van der Waals surface area contributed by atoms with Crippen molar-refractivity contribution in [2.24, 2.45) is 0 Å². The van der Waals surface area contributed by atoms with Crippen molar-refractivity contribution in [3.8, 4) is 0 Å². The zero-order valence-electron chi connectivity index (χ0n) is 12.1. The lowest BCUT2D eigenvalue weighted by atomic mass is 9.94. The van der Waals surface area contributed by atoms with Crippen LogP contribution < -0.4 is 0 Å². The highest BCUT2D eigenvalue weighted by Gasteiger charge is 2.05. The maximum Gasteiger partial charge on any atom is -0.0112 e. The lowest BCUT2D eigenvalue weighted by molar-refractivity contribution is 1.42. The summed E-state index contributed by atoms with van der Waals surface area (Å²) in [6, 6.07) is 8.56. The Morgan fingerprint density at radius 2 is 1.74 bits per heavy atom. The molecule has 0 atom stereocenters. The van der Waals surface area contributed by atoms with Crippen molar-refractivity contribution < 1.29 is 0 Å². The molecule has 0 aliphatic rings. The second kappa shape index (κ2) is 7.38. The van der Waals surface area contributed by atoms with Crippen molar-refractivity contribution in [2.75, 3.05) is 0 Å². The van der Waals surface area contributed by atoms with Crippen LogP contribution in [0.3, 0.4) is 0 Å². The third kappa shape index (κ3) is 4.26. The molecule has 1 aromatic carbocycles. The Kier molecular flexibility index (Phi) is 5.81. The maximum absolute atomic E-state index is 4.08. The van der Waals surface area contributed by atoms with Gasteiger partial charge in [-0.2, -0.15) is 0 Å². The van der Waals surface area contributed by atoms with Gasteiger partial charge in [-0.25, -0.2) is 0 Å². The minimum Gasteiger partial charge on any atom is -0.0991 e. The highest BCUT2D eigenvalue weighted by Crippen LogP contribution is 2.26. The van der Waals surface area contributed by atoms with E-state index >= 15 is 0 Å². The normalized spacial score (nSPS) is 12.8. The van der Waals surface area contributed by atoms with Crippen molar-refractivity contribution in [1.82, 2.24) is 0 Å². The number of rotatable bonds is 5. The van der Waals surface area contributed by atoms with Crippen LogP contribution in [0.4, 0.5) is 0 Å². The molecule has 0 radical (unpaired) electrons. The first kappa shape index (κ1) is 15.0. The molecule has 0 N–H and O–H groups in total. The van der Waals surface area contributed by atoms with Crippen LogP contribution >= 0.6 is 0 Å². The minimum atomic E-state index is 1.05. The minimum absolute atomic E-state index is 1.05. The first-order chi connectivity index (χ1) is 9.10. The largest absolute Gasteiger partial charge is 0.0991 e. The van der Waals surface area contributed by atoms with Crippen molar-refractivity contribution in [3.05, 3.63) is 90.1 Å². The molecule has 1 aromatic rings. The highest BCUT2D eigenvalue weighted by atomic mass is 14.1. The van der Waals surface area contributed by atoms with Gasteiger partial charge < -0.3 is 0 Å². The van der Waals surface area contributed by atoms with E-state index in [0.717, 1.165) is 11.1 Å². The molecular weight excluding hydrogens is 228 g/mol. The third-order valence-corrected chi connectivity index (χ3v) is 2.84. The van der Waals surface area contributed by atoms with Gasteiger partial charge >= 0.3 is 0 Å². The second-order valence-corrected chi connectivity index (χ2v) is 4.57. The van der Waals surface area contributed by atoms with Crippen LogP contribution in [-0.2, 0) is 0 Å². The summed E-state index contributed by atoms with van der Waals surface area (Å²) in [5, 5.41) is 0. The predicted molar refractivity (Wildman–Crippen MR) is 87.1 cm³/mol. The molecule has 0 fully saturated rings. The first-order valence-electron chi connectivity index (χ1n) is 6.49. The molecule has 0 saturated heterocycles. The Morgan fingerprint density at radius 1 is 1.11 bits per heavy atom. The molecule has 0 bridgehead atoms. The molecule has 98 valence electrons. The zero-order valence-corrected chi connectivity index (χ0v) is 12.1. The van der Waals surface area contributed by atoms with Crippen LogP contribution in [-0.4, -0.2) is 0 Å². The van der Waals surface area contributed by atoms with Crippen molar-refractivity contribution in [2.45, 2.75) is 20.8 Å². The number of allylic oxidation sites excluding steroid dienone is 8. The van der Waals surface area contributed by atoms with Crippen LogP contribution in [0, 0.1) is 6.92 Å². The summed E-state index contributed by atoms with van der Waals surface area (Å²) in [7, 11) is 0. The van der Waals surface area contributed by atoms with E-state index in [4.69, 9.17) is 0 Å². The number of hydrogen-bond acceptors (Lipinski definition) is 0. The number of benzene rings is 1. The average Bonchev–Trinajstić information content (AvgIpc) is 2.38. The molecule has 19 heavy (non-hydrogen) atoms. The van der Waals surface area contributed by atoms with Gasteiger partial charge in [0.25, 0.3) is 0 Å². The predicted octanol–water partition coefficient (Wildman–Crippen LogP) is 5.64. The molecule has 0 spiro atoms. The Labute approximate surface area is 117 Å². The van der Waals surface area contributed by atoms with E-state index in [1.54, 1.807) is 6.08 Å². The summed E-state index contributed by atoms with van der Waals surface area (Å²) in [5.41, 5.74) is 5.85. The Morgan fingerprint density at radius 3 is 2.21 bits per heavy atom. The smallest absolute Gasteiger partial charge is 0.0112 e. The maximum atomic E-state index is 4.08. The molecule has 0 heteroatoms. The molecule has 0 heterocycles. The highest BCUT2D eigenvalue weighted by molar-refractivity contribution is 5.81. The van der Waals surface area contributed by atoms with Gasteiger partial charge in [0.05, 0.1) is 0 Å². The SMILES string of the molecule is C=C/C=C\C(C(=C)C)=C(\C=CC)c1ccc(C)cc1. The summed E-state index contributed by atoms with van der Waals surface area (Å²) in [5.74, 6) is 0. The van der Waals surface area contributed by atoms with Gasteiger partial charge in [0, 0.05) is 0 Å². The summed E-state index contributed by atoms with van der Waals surface area (Å²) in [6.45, 7) is 14.0. The fourth-order valence-electron chi connectivity index (χ4n) is 1.87. The molecule has 0 saturated carbocycles. The van der Waals surface area contributed by atoms with Gasteiger partial charge in [-0.3, -0.25) is 0 Å². The quantitative estimate of drug-likeness (QED) is 0.593. The Hall–Kier alpha value is -2.08. The first-order valence-corrected chi connectivity index (χ1v) is 6.49. The van der Waals surface area contributed by atoms with Crippen LogP contribution in [0.25, 0.3) is 5.57 Å². The fourth-order valence-corrected chi connectivity index (χ4v) is 1.87. The van der Waals surface area contributed by atoms with E-state index in [-0.39, 0.29) is 0 Å². The lowest BCUT2D eigenvalue weighted by Crippen LogP contribution is -1.90. The summed E-state index contributed by atoms with van der Waals surface area (Å²) in [6.07, 6.45) is 9.97. The summed E-state index contributed by atoms with van der Waals surface area (Å²) < 4.78 is 0. The molecule has 0 amide bonds. The summed E-state index contributed by atoms with van der Waals surface area (Å²) in [4.78, 5) is 0. The van der Waals surface area contributed by atoms with Gasteiger partial charge in [-0.05, 0) is 37.5 Å². The monoisotopic (exact) mass is 250 g/mol. The third-order valence-electron chi connectivity index (χ3n) is 2.84. The van der Waals surface area contributed by atoms with E-state index in [2.05, 4.69) is 62.6 Å². The number of aryl methyl sites for hydroxylation is 1. The van der Waals surface area contributed by atoms with Gasteiger partial charge in [-0.1, -0.05) is 78.9 Å². The van der Waals surface area contributed by atoms with E-state index in [1.807, 2.05) is 19.9 Å². The summed E-state index contributed by atoms with van der Waals surface area (Å²) >= 11 is 0. The van der Waals surface area contributed by atoms with Crippen LogP contribution in [0.5, 0.6) is 0 Å². The molecule has 0 aromatic heterocycles. The van der Waals surface area contributed by atoms with Gasteiger partial charge in [-0.15, -0.1) is 0 Å². The van der Waals surface area contributed by atoms with Crippen molar-refractivity contribution >= 4 is 5.57 Å². The fraction of sp³-hybridized carbons (Fsp3) is 0.158. The van der Waals surface area contributed by atoms with E-state index in [1.165, 1.54) is 16.7 Å². The van der Waals surface area contributed by atoms with Crippen LogP contribution in [0.1, 0.15) is 25.0 Å². The Balaban J connectivity index is 3.44. The topological polar surface area (TPSA) is 0 Å². The molecule has 0 unspecified atom stereocenters. The van der Waals surface area contributed by atoms with Crippen LogP contribution in [0.2, 0.25) is 0 Å². The standard InChI is InChI=1S/C19H22/c1-6-8-10-18(15(3)4)19(9-7-2)17-13-11-16(5)12-14-17/h6-14H,1,3H2,2,4-5H3/b9-7?,10-8-,19-18+. The van der Waals surface area contributed by atoms with Gasteiger partial charge in [0.2, 0.25) is 0 Å². The average molecular weight is 250 g/mol. The molecular formula is C19H22. The van der Waals surface area contributed by atoms with Crippen molar-refractivity contribution in [1.29, 1.82) is 0 Å². The van der Waals surface area contributed by atoms with Crippen LogP contribution in [0.15, 0.2) is 78.9 Å². The van der Waals surface area contributed by atoms with Gasteiger partial charge in [0.1, 0.15) is 0 Å². The zero-order chi connectivity index (χ0) is 14.3. The number of hydrogen-bond donors (Lipinski definition) is 0. The molecule has 1 rings (SSSR count). The van der Waals surface area contributed by atoms with E-state index in [9.17, 15) is 0 Å². The molecule has 0 aliphatic carbocycles. The molecule has 0 aliphatic heterocycles. The Bertz CT molecular complexity index is 534. The van der Waals surface area contributed by atoms with E-state index in [0.29, 0.717) is 0 Å². The lowest BCUT2D eigenvalue weighted by Gasteiger charge is -2.10. The van der Waals surface area contributed by atoms with Gasteiger partial charge in [0.15, 0.2) is 0 Å².